The van der Waals surface area contributed by atoms with Gasteiger partial charge in [0.15, 0.2) is 0 Å². The zero-order valence-electron chi connectivity index (χ0n) is 14.8. The van der Waals surface area contributed by atoms with Crippen LogP contribution in [0.25, 0.3) is 0 Å². The Morgan fingerprint density at radius 2 is 1.86 bits per heavy atom. The predicted molar refractivity (Wildman–Crippen MR) is 101 cm³/mol. The van der Waals surface area contributed by atoms with E-state index in [0.717, 1.165) is 17.0 Å². The van der Waals surface area contributed by atoms with E-state index >= 15 is 0 Å². The molecule has 9 heteroatoms. The first kappa shape index (κ1) is 19.8. The number of nitrogens with zero attached hydrogens (tertiary/aromatic N) is 1. The van der Waals surface area contributed by atoms with Crippen molar-refractivity contribution in [3.05, 3.63) is 53.1 Å². The van der Waals surface area contributed by atoms with Gasteiger partial charge in [-0.3, -0.25) is 14.4 Å². The summed E-state index contributed by atoms with van der Waals surface area (Å²) in [5.41, 5.74) is 0.561. The maximum Gasteiger partial charge on any atom is 0.229 e. The molecule has 0 aliphatic carbocycles. The number of anilines is 3. The van der Waals surface area contributed by atoms with Gasteiger partial charge in [-0.2, -0.15) is 0 Å². The largest absolute Gasteiger partial charge is 0.325 e. The molecular formula is C19H16ClF2N3O3. The Kier molecular flexibility index (Phi) is 5.60. The quantitative estimate of drug-likeness (QED) is 0.813. The van der Waals surface area contributed by atoms with Crippen LogP contribution in [-0.2, 0) is 14.4 Å². The van der Waals surface area contributed by atoms with Crippen LogP contribution in [0.4, 0.5) is 25.8 Å². The summed E-state index contributed by atoms with van der Waals surface area (Å²) in [5.74, 6) is -3.63. The van der Waals surface area contributed by atoms with Crippen molar-refractivity contribution in [2.75, 3.05) is 22.1 Å². The van der Waals surface area contributed by atoms with Crippen molar-refractivity contribution >= 4 is 46.4 Å². The Morgan fingerprint density at radius 1 is 1.11 bits per heavy atom. The molecule has 3 rings (SSSR count). The van der Waals surface area contributed by atoms with Crippen LogP contribution in [0.1, 0.15) is 13.3 Å². The Balaban J connectivity index is 1.77. The van der Waals surface area contributed by atoms with E-state index in [0.29, 0.717) is 16.8 Å². The third-order valence-corrected chi connectivity index (χ3v) is 4.48. The van der Waals surface area contributed by atoms with Gasteiger partial charge in [0.25, 0.3) is 0 Å². The van der Waals surface area contributed by atoms with E-state index in [1.165, 1.54) is 13.0 Å². The lowest BCUT2D eigenvalue weighted by atomic mass is 10.1. The Bertz CT molecular complexity index is 967. The average Bonchev–Trinajstić information content (AvgIpc) is 2.99. The first-order chi connectivity index (χ1) is 13.2. The Morgan fingerprint density at radius 3 is 2.54 bits per heavy atom. The topological polar surface area (TPSA) is 78.5 Å². The third-order valence-electron chi connectivity index (χ3n) is 4.25. The smallest absolute Gasteiger partial charge is 0.229 e. The number of hydrogen-bond donors (Lipinski definition) is 2. The summed E-state index contributed by atoms with van der Waals surface area (Å²) in [4.78, 5) is 37.3. The van der Waals surface area contributed by atoms with Crippen LogP contribution >= 0.6 is 11.6 Å². The van der Waals surface area contributed by atoms with Crippen LogP contribution in [0.2, 0.25) is 5.02 Å². The SMILES string of the molecule is CC(=O)Nc1ccc(Cl)cc1NC(=O)C1CC(=O)N(c2ccc(F)cc2F)C1. The lowest BCUT2D eigenvalue weighted by molar-refractivity contribution is -0.122. The van der Waals surface area contributed by atoms with Crippen LogP contribution in [0.3, 0.4) is 0 Å². The maximum atomic E-state index is 14.0. The second-order valence-corrected chi connectivity index (χ2v) is 6.80. The molecule has 1 atom stereocenters. The zero-order valence-corrected chi connectivity index (χ0v) is 15.5. The van der Waals surface area contributed by atoms with E-state index in [1.54, 1.807) is 12.1 Å². The molecule has 2 N–H and O–H groups in total. The van der Waals surface area contributed by atoms with Gasteiger partial charge in [0.2, 0.25) is 17.7 Å². The zero-order chi connectivity index (χ0) is 20.4. The van der Waals surface area contributed by atoms with Crippen LogP contribution in [-0.4, -0.2) is 24.3 Å². The van der Waals surface area contributed by atoms with E-state index in [-0.39, 0.29) is 30.2 Å². The van der Waals surface area contributed by atoms with E-state index in [4.69, 9.17) is 11.6 Å². The lowest BCUT2D eigenvalue weighted by Crippen LogP contribution is -2.29. The standard InChI is InChI=1S/C19H16ClF2N3O3/c1-10(26)23-15-4-2-12(20)7-16(15)24-19(28)11-6-18(27)25(9-11)17-5-3-13(21)8-14(17)22/h2-5,7-8,11H,6,9H2,1H3,(H,23,26)(H,24,28). The minimum Gasteiger partial charge on any atom is -0.325 e. The van der Waals surface area contributed by atoms with Gasteiger partial charge in [-0.05, 0) is 30.3 Å². The first-order valence-corrected chi connectivity index (χ1v) is 8.76. The van der Waals surface area contributed by atoms with Gasteiger partial charge < -0.3 is 15.5 Å². The fourth-order valence-corrected chi connectivity index (χ4v) is 3.14. The molecule has 1 unspecified atom stereocenters. The molecule has 1 saturated heterocycles. The molecule has 28 heavy (non-hydrogen) atoms. The van der Waals surface area contributed by atoms with Gasteiger partial charge in [0.1, 0.15) is 11.6 Å². The van der Waals surface area contributed by atoms with Crippen molar-refractivity contribution in [1.82, 2.24) is 0 Å². The molecule has 0 bridgehead atoms. The highest BCUT2D eigenvalue weighted by Gasteiger charge is 2.36. The molecule has 3 amide bonds. The van der Waals surface area contributed by atoms with Crippen LogP contribution in [0.5, 0.6) is 0 Å². The minimum absolute atomic E-state index is 0.0523. The molecule has 0 saturated carbocycles. The van der Waals surface area contributed by atoms with E-state index < -0.39 is 29.4 Å². The second-order valence-electron chi connectivity index (χ2n) is 6.36. The number of nitrogens with one attached hydrogen (secondary N) is 2. The van der Waals surface area contributed by atoms with Gasteiger partial charge in [-0.1, -0.05) is 11.6 Å². The molecule has 2 aromatic carbocycles. The predicted octanol–water partition coefficient (Wildman–Crippen LogP) is 3.57. The summed E-state index contributed by atoms with van der Waals surface area (Å²) in [7, 11) is 0. The molecule has 0 aromatic heterocycles. The van der Waals surface area contributed by atoms with Gasteiger partial charge >= 0.3 is 0 Å². The number of hydrogen-bond acceptors (Lipinski definition) is 3. The van der Waals surface area contributed by atoms with Crippen LogP contribution in [0.15, 0.2) is 36.4 Å². The monoisotopic (exact) mass is 407 g/mol. The highest BCUT2D eigenvalue weighted by atomic mass is 35.5. The summed E-state index contributed by atoms with van der Waals surface area (Å²) in [6.45, 7) is 1.27. The first-order valence-electron chi connectivity index (χ1n) is 8.38. The summed E-state index contributed by atoms with van der Waals surface area (Å²) in [6, 6.07) is 7.46. The highest BCUT2D eigenvalue weighted by Crippen LogP contribution is 2.30. The number of carbonyl (C=O) groups is 3. The van der Waals surface area contributed by atoms with Crippen molar-refractivity contribution in [1.29, 1.82) is 0 Å². The van der Waals surface area contributed by atoms with Gasteiger partial charge in [0.05, 0.1) is 23.0 Å². The summed E-state index contributed by atoms with van der Waals surface area (Å²) in [5, 5.41) is 5.57. The fraction of sp³-hybridized carbons (Fsp3) is 0.211. The van der Waals surface area contributed by atoms with Crippen molar-refractivity contribution in [2.24, 2.45) is 5.92 Å². The molecule has 0 radical (unpaired) electrons. The van der Waals surface area contributed by atoms with Gasteiger partial charge in [0, 0.05) is 31.0 Å². The molecule has 1 heterocycles. The van der Waals surface area contributed by atoms with Crippen LogP contribution in [0, 0.1) is 17.6 Å². The van der Waals surface area contributed by atoms with Gasteiger partial charge in [-0.25, -0.2) is 8.78 Å². The van der Waals surface area contributed by atoms with Crippen molar-refractivity contribution in [3.63, 3.8) is 0 Å². The molecule has 2 aromatic rings. The lowest BCUT2D eigenvalue weighted by Gasteiger charge is -2.18. The highest BCUT2D eigenvalue weighted by molar-refractivity contribution is 6.31. The van der Waals surface area contributed by atoms with E-state index in [2.05, 4.69) is 10.6 Å². The maximum absolute atomic E-state index is 14.0. The number of rotatable bonds is 4. The van der Waals surface area contributed by atoms with E-state index in [9.17, 15) is 23.2 Å². The molecule has 1 aliphatic heterocycles. The third kappa shape index (κ3) is 4.28. The molecule has 1 aliphatic rings. The summed E-state index contributed by atoms with van der Waals surface area (Å²) < 4.78 is 27.1. The molecule has 0 spiro atoms. The van der Waals surface area contributed by atoms with Crippen LogP contribution < -0.4 is 15.5 Å². The normalized spacial score (nSPS) is 16.2. The Hall–Kier alpha value is -3.00. The summed E-state index contributed by atoms with van der Waals surface area (Å²) in [6.07, 6.45) is -0.126. The second kappa shape index (κ2) is 7.93. The molecule has 1 fully saturated rings. The molecular weight excluding hydrogens is 392 g/mol. The number of benzene rings is 2. The van der Waals surface area contributed by atoms with Gasteiger partial charge in [-0.15, -0.1) is 0 Å². The summed E-state index contributed by atoms with van der Waals surface area (Å²) >= 11 is 5.95. The minimum atomic E-state index is -0.878. The number of amides is 3. The van der Waals surface area contributed by atoms with Crippen molar-refractivity contribution in [2.45, 2.75) is 13.3 Å². The molecule has 146 valence electrons. The van der Waals surface area contributed by atoms with E-state index in [1.807, 2.05) is 0 Å². The molecule has 6 nitrogen and oxygen atoms in total. The number of carbonyl (C=O) groups excluding carboxylic acids is 3. The number of halogens is 3. The van der Waals surface area contributed by atoms with Crippen molar-refractivity contribution < 1.29 is 23.2 Å². The average molecular weight is 408 g/mol. The Labute approximate surface area is 164 Å². The van der Waals surface area contributed by atoms with Crippen molar-refractivity contribution in [3.8, 4) is 0 Å². The fourth-order valence-electron chi connectivity index (χ4n) is 2.97.